The van der Waals surface area contributed by atoms with Crippen molar-refractivity contribution < 1.29 is 28.6 Å². The van der Waals surface area contributed by atoms with Gasteiger partial charge >= 0.3 is 17.9 Å². The molecular formula is C68H112O6. The second-order valence-electron chi connectivity index (χ2n) is 19.9. The van der Waals surface area contributed by atoms with Crippen LogP contribution in [-0.2, 0) is 28.6 Å². The summed E-state index contributed by atoms with van der Waals surface area (Å²) in [7, 11) is 0. The molecule has 420 valence electrons. The van der Waals surface area contributed by atoms with Gasteiger partial charge in [-0.2, -0.15) is 0 Å². The molecule has 0 bridgehead atoms. The molecule has 0 fully saturated rings. The Kier molecular flexibility index (Phi) is 57.9. The van der Waals surface area contributed by atoms with Gasteiger partial charge in [-0.05, 0) is 122 Å². The van der Waals surface area contributed by atoms with Gasteiger partial charge in [0.2, 0.25) is 0 Å². The fourth-order valence-corrected chi connectivity index (χ4v) is 8.11. The molecular weight excluding hydrogens is 913 g/mol. The van der Waals surface area contributed by atoms with Crippen molar-refractivity contribution in [2.24, 2.45) is 0 Å². The summed E-state index contributed by atoms with van der Waals surface area (Å²) in [6.07, 6.45) is 85.0. The number of allylic oxidation sites excluding steroid dienone is 20. The highest BCUT2D eigenvalue weighted by molar-refractivity contribution is 5.71. The molecule has 0 N–H and O–H groups in total. The molecule has 1 atom stereocenters. The van der Waals surface area contributed by atoms with Gasteiger partial charge in [-0.1, -0.05) is 251 Å². The van der Waals surface area contributed by atoms with E-state index in [-0.39, 0.29) is 37.5 Å². The number of rotatable bonds is 54. The van der Waals surface area contributed by atoms with Gasteiger partial charge in [-0.15, -0.1) is 0 Å². The third-order valence-corrected chi connectivity index (χ3v) is 12.7. The van der Waals surface area contributed by atoms with Crippen LogP contribution in [0.15, 0.2) is 122 Å². The van der Waals surface area contributed by atoms with E-state index in [0.717, 1.165) is 116 Å². The van der Waals surface area contributed by atoms with E-state index >= 15 is 0 Å². The van der Waals surface area contributed by atoms with Crippen LogP contribution in [0.25, 0.3) is 0 Å². The van der Waals surface area contributed by atoms with Crippen LogP contribution in [0.3, 0.4) is 0 Å². The van der Waals surface area contributed by atoms with E-state index in [1.165, 1.54) is 109 Å². The van der Waals surface area contributed by atoms with Crippen molar-refractivity contribution in [2.45, 2.75) is 277 Å². The van der Waals surface area contributed by atoms with Crippen molar-refractivity contribution in [2.75, 3.05) is 13.2 Å². The van der Waals surface area contributed by atoms with Gasteiger partial charge in [0.05, 0.1) is 0 Å². The van der Waals surface area contributed by atoms with Gasteiger partial charge in [-0.25, -0.2) is 0 Å². The van der Waals surface area contributed by atoms with Crippen LogP contribution in [0.1, 0.15) is 271 Å². The van der Waals surface area contributed by atoms with Crippen LogP contribution < -0.4 is 0 Å². The molecule has 0 radical (unpaired) electrons. The Bertz CT molecular complexity index is 1550. The third kappa shape index (κ3) is 58.7. The number of unbranched alkanes of at least 4 members (excludes halogenated alkanes) is 23. The number of hydrogen-bond acceptors (Lipinski definition) is 6. The molecule has 0 aromatic rings. The zero-order valence-corrected chi connectivity index (χ0v) is 48.1. The summed E-state index contributed by atoms with van der Waals surface area (Å²) in [5.41, 5.74) is 0. The van der Waals surface area contributed by atoms with E-state index in [2.05, 4.69) is 142 Å². The zero-order valence-electron chi connectivity index (χ0n) is 48.1. The number of carbonyl (C=O) groups is 3. The summed E-state index contributed by atoms with van der Waals surface area (Å²) in [6, 6.07) is 0. The van der Waals surface area contributed by atoms with Crippen molar-refractivity contribution >= 4 is 17.9 Å². The summed E-state index contributed by atoms with van der Waals surface area (Å²) < 4.78 is 16.8. The van der Waals surface area contributed by atoms with Crippen LogP contribution >= 0.6 is 0 Å². The number of carbonyl (C=O) groups excluding carboxylic acids is 3. The average molecular weight is 1030 g/mol. The summed E-state index contributed by atoms with van der Waals surface area (Å²) in [5, 5.41) is 0. The lowest BCUT2D eigenvalue weighted by Crippen LogP contribution is -2.30. The minimum atomic E-state index is -0.809. The first kappa shape index (κ1) is 69.8. The van der Waals surface area contributed by atoms with Crippen LogP contribution in [0, 0.1) is 0 Å². The topological polar surface area (TPSA) is 78.9 Å². The Hall–Kier alpha value is -4.19. The van der Waals surface area contributed by atoms with Crippen LogP contribution in [0.5, 0.6) is 0 Å². The van der Waals surface area contributed by atoms with Crippen LogP contribution in [0.2, 0.25) is 0 Å². The lowest BCUT2D eigenvalue weighted by Gasteiger charge is -2.18. The maximum absolute atomic E-state index is 12.9. The second kappa shape index (κ2) is 61.4. The molecule has 0 spiro atoms. The molecule has 0 aliphatic rings. The standard InChI is InChI=1S/C68H112O6/c1-4-7-10-13-16-19-22-24-26-28-30-32-34-36-38-40-42-44-46-49-52-55-58-61-67(70)73-64-65(63-72-66(69)60-57-54-51-48-21-18-15-12-9-6-3)74-68(71)62-59-56-53-50-47-45-43-41-39-37-35-33-31-29-27-25-23-20-17-14-11-8-5-2/h7,10,12,15-16,19,23-26,29-32,36,38,42,44,49,52,65H,4-6,8-9,11,13-14,17-18,20-22,27-28,33-35,37,39-41,43,45-48,50-51,53-64H2,1-3H3/b10-7-,15-12-,19-16-,25-23-,26-24-,31-29-,32-30-,38-36-,44-42-,52-49-. The number of esters is 3. The molecule has 0 heterocycles. The summed E-state index contributed by atoms with van der Waals surface area (Å²) in [4.78, 5) is 38.1. The summed E-state index contributed by atoms with van der Waals surface area (Å²) >= 11 is 0. The molecule has 0 rings (SSSR count). The van der Waals surface area contributed by atoms with E-state index in [1.807, 2.05) is 0 Å². The largest absolute Gasteiger partial charge is 0.462 e. The van der Waals surface area contributed by atoms with Gasteiger partial charge in [-0.3, -0.25) is 14.4 Å². The van der Waals surface area contributed by atoms with E-state index in [1.54, 1.807) is 0 Å². The molecule has 0 saturated carbocycles. The molecule has 6 nitrogen and oxygen atoms in total. The van der Waals surface area contributed by atoms with E-state index in [9.17, 15) is 14.4 Å². The predicted octanol–water partition coefficient (Wildman–Crippen LogP) is 20.8. The van der Waals surface area contributed by atoms with Gasteiger partial charge in [0.1, 0.15) is 13.2 Å². The lowest BCUT2D eigenvalue weighted by molar-refractivity contribution is -0.167. The molecule has 0 amide bonds. The molecule has 0 aliphatic carbocycles. The van der Waals surface area contributed by atoms with Crippen molar-refractivity contribution in [1.82, 2.24) is 0 Å². The maximum atomic E-state index is 12.9. The smallest absolute Gasteiger partial charge is 0.306 e. The van der Waals surface area contributed by atoms with E-state index < -0.39 is 6.10 Å². The van der Waals surface area contributed by atoms with Crippen molar-refractivity contribution in [3.8, 4) is 0 Å². The Morgan fingerprint density at radius 2 is 0.568 bits per heavy atom. The maximum Gasteiger partial charge on any atom is 0.306 e. The Morgan fingerprint density at radius 1 is 0.284 bits per heavy atom. The van der Waals surface area contributed by atoms with E-state index in [4.69, 9.17) is 14.2 Å². The zero-order chi connectivity index (χ0) is 53.6. The lowest BCUT2D eigenvalue weighted by atomic mass is 10.0. The van der Waals surface area contributed by atoms with Crippen molar-refractivity contribution in [3.05, 3.63) is 122 Å². The summed E-state index contributed by atoms with van der Waals surface area (Å²) in [6.45, 7) is 6.40. The molecule has 0 aromatic carbocycles. The van der Waals surface area contributed by atoms with Crippen LogP contribution in [0.4, 0.5) is 0 Å². The highest BCUT2D eigenvalue weighted by Gasteiger charge is 2.19. The molecule has 1 unspecified atom stereocenters. The fourth-order valence-electron chi connectivity index (χ4n) is 8.11. The first-order valence-corrected chi connectivity index (χ1v) is 30.5. The van der Waals surface area contributed by atoms with Gasteiger partial charge < -0.3 is 14.2 Å². The quantitative estimate of drug-likeness (QED) is 0.0261. The molecule has 6 heteroatoms. The third-order valence-electron chi connectivity index (χ3n) is 12.7. The molecule has 0 aromatic heterocycles. The predicted molar refractivity (Wildman–Crippen MR) is 320 cm³/mol. The van der Waals surface area contributed by atoms with Gasteiger partial charge in [0, 0.05) is 19.3 Å². The molecule has 0 saturated heterocycles. The minimum absolute atomic E-state index is 0.104. The Balaban J connectivity index is 4.39. The SMILES string of the molecule is CC/C=C\C/C=C\C/C=C\C/C=C\C/C=C\C/C=C\C/C=C\CCCC(=O)OCC(COC(=O)CCCCCCC/C=C\CCC)OC(=O)CCCCCCCCCCCCC/C=C\C/C=C\CCCCCCC. The number of hydrogen-bond donors (Lipinski definition) is 0. The van der Waals surface area contributed by atoms with E-state index in [0.29, 0.717) is 19.3 Å². The van der Waals surface area contributed by atoms with Crippen LogP contribution in [-0.4, -0.2) is 37.2 Å². The Morgan fingerprint density at radius 3 is 0.946 bits per heavy atom. The minimum Gasteiger partial charge on any atom is -0.462 e. The van der Waals surface area contributed by atoms with Crippen molar-refractivity contribution in [3.63, 3.8) is 0 Å². The highest BCUT2D eigenvalue weighted by Crippen LogP contribution is 2.15. The monoisotopic (exact) mass is 1020 g/mol. The Labute approximate surface area is 456 Å². The first-order chi connectivity index (χ1) is 36.5. The molecule has 0 aliphatic heterocycles. The number of ether oxygens (including phenoxy) is 3. The van der Waals surface area contributed by atoms with Gasteiger partial charge in [0.15, 0.2) is 6.10 Å². The molecule has 74 heavy (non-hydrogen) atoms. The normalized spacial score (nSPS) is 13.0. The summed E-state index contributed by atoms with van der Waals surface area (Å²) in [5.74, 6) is -0.977. The average Bonchev–Trinajstić information content (AvgIpc) is 3.40. The van der Waals surface area contributed by atoms with Gasteiger partial charge in [0.25, 0.3) is 0 Å². The van der Waals surface area contributed by atoms with Crippen molar-refractivity contribution in [1.29, 1.82) is 0 Å². The highest BCUT2D eigenvalue weighted by atomic mass is 16.6. The fraction of sp³-hybridized carbons (Fsp3) is 0.662. The second-order valence-corrected chi connectivity index (χ2v) is 19.9. The first-order valence-electron chi connectivity index (χ1n) is 30.5.